The van der Waals surface area contributed by atoms with Gasteiger partial charge in [-0.1, -0.05) is 19.9 Å². The van der Waals surface area contributed by atoms with Crippen molar-refractivity contribution in [3.8, 4) is 28.4 Å². The van der Waals surface area contributed by atoms with Gasteiger partial charge in [0.1, 0.15) is 17.0 Å². The minimum atomic E-state index is -1.32. The topological polar surface area (TPSA) is 135 Å². The zero-order valence-electron chi connectivity index (χ0n) is 31.9. The number of carboxylic acid groups (broad SMARTS) is 1. The quantitative estimate of drug-likeness (QED) is 0.172. The Balaban J connectivity index is 1.39. The number of hydrogen-bond acceptors (Lipinski definition) is 7. The molecule has 1 aromatic heterocycles. The van der Waals surface area contributed by atoms with Crippen molar-refractivity contribution in [3.05, 3.63) is 59.3 Å². The van der Waals surface area contributed by atoms with Gasteiger partial charge in [-0.05, 0) is 131 Å². The number of ether oxygens (including phenoxy) is 2. The summed E-state index contributed by atoms with van der Waals surface area (Å²) in [6, 6.07) is 13.4. The Bertz CT molecular complexity index is 1750. The lowest BCUT2D eigenvalue weighted by Crippen LogP contribution is -2.70. The number of carboxylic acids is 1. The van der Waals surface area contributed by atoms with Gasteiger partial charge in [0.15, 0.2) is 5.69 Å². The molecule has 11 nitrogen and oxygen atoms in total. The van der Waals surface area contributed by atoms with Crippen LogP contribution < -0.4 is 20.1 Å². The van der Waals surface area contributed by atoms with Gasteiger partial charge in [-0.2, -0.15) is 5.10 Å². The monoisotopic (exact) mass is 713 g/mol. The van der Waals surface area contributed by atoms with E-state index in [-0.39, 0.29) is 29.4 Å². The van der Waals surface area contributed by atoms with Crippen molar-refractivity contribution in [2.24, 2.45) is 23.7 Å². The van der Waals surface area contributed by atoms with Gasteiger partial charge in [-0.3, -0.25) is 14.5 Å². The molecule has 0 unspecified atom stereocenters. The molecule has 7 rings (SSSR count). The average Bonchev–Trinajstić information content (AvgIpc) is 3.55. The average molecular weight is 714 g/mol. The molecule has 0 saturated heterocycles. The molecule has 1 heterocycles. The molecule has 3 N–H and O–H groups in total. The summed E-state index contributed by atoms with van der Waals surface area (Å²) in [4.78, 5) is 43.2. The van der Waals surface area contributed by atoms with Gasteiger partial charge < -0.3 is 25.2 Å². The number of hydrogen-bond donors (Lipinski definition) is 3. The molecule has 4 bridgehead atoms. The maximum atomic E-state index is 14.3. The van der Waals surface area contributed by atoms with E-state index in [9.17, 15) is 19.5 Å². The lowest BCUT2D eigenvalue weighted by atomic mass is 9.48. The van der Waals surface area contributed by atoms with Crippen LogP contribution in [0.2, 0.25) is 0 Å². The molecule has 11 heteroatoms. The van der Waals surface area contributed by atoms with Crippen LogP contribution >= 0.6 is 0 Å². The van der Waals surface area contributed by atoms with Crippen LogP contribution in [-0.2, 0) is 4.79 Å². The predicted molar refractivity (Wildman–Crippen MR) is 200 cm³/mol. The highest BCUT2D eigenvalue weighted by molar-refractivity contribution is 5.98. The van der Waals surface area contributed by atoms with Crippen molar-refractivity contribution in [1.29, 1.82) is 0 Å². The number of benzene rings is 2. The SMILES string of the molecule is COc1cccc(OC)c1-c1cc(C(=O)NC2(C(=O)O)C3CC4CC(C3)CC2C4)nn1-c1ccc(C(=O)NCCN(C(C)C)C(C)C)cc1C(C)C. The van der Waals surface area contributed by atoms with Gasteiger partial charge in [0.2, 0.25) is 0 Å². The number of nitrogens with one attached hydrogen (secondary N) is 2. The highest BCUT2D eigenvalue weighted by Gasteiger charge is 2.62. The first kappa shape index (κ1) is 37.4. The smallest absolute Gasteiger partial charge is 0.330 e. The Morgan fingerprint density at radius 2 is 1.48 bits per heavy atom. The van der Waals surface area contributed by atoms with Crippen molar-refractivity contribution in [3.63, 3.8) is 0 Å². The number of rotatable bonds is 14. The summed E-state index contributed by atoms with van der Waals surface area (Å²) in [7, 11) is 3.15. The molecule has 4 fully saturated rings. The van der Waals surface area contributed by atoms with Gasteiger partial charge >= 0.3 is 5.97 Å². The second kappa shape index (κ2) is 14.9. The standard InChI is InChI=1S/C41H55N5O6/c1-23(2)31-21-28(38(47)42-14-15-45(24(3)4)25(5)6)12-13-33(31)46-34(37-35(51-7)10-9-11-36(37)52-8)22-32(44-46)39(48)43-41(40(49)50)29-17-26-16-27(19-29)20-30(41)18-26/h9-13,21-27,29-30H,14-20H2,1-8H3,(H,42,47)(H,43,48)(H,49,50). The molecule has 2 aromatic carbocycles. The molecule has 0 atom stereocenters. The molecule has 52 heavy (non-hydrogen) atoms. The van der Waals surface area contributed by atoms with Crippen LogP contribution in [0.15, 0.2) is 42.5 Å². The van der Waals surface area contributed by atoms with E-state index in [0.717, 1.165) is 37.8 Å². The normalized spacial score (nSPS) is 23.5. The van der Waals surface area contributed by atoms with Crippen molar-refractivity contribution in [2.45, 2.75) is 97.2 Å². The Morgan fingerprint density at radius 3 is 2.00 bits per heavy atom. The van der Waals surface area contributed by atoms with E-state index in [2.05, 4.69) is 43.2 Å². The molecule has 4 aliphatic carbocycles. The molecular weight excluding hydrogens is 658 g/mol. The molecule has 0 aliphatic heterocycles. The largest absolute Gasteiger partial charge is 0.496 e. The molecule has 4 aliphatic rings. The molecule has 3 aromatic rings. The van der Waals surface area contributed by atoms with Crippen molar-refractivity contribution >= 4 is 17.8 Å². The molecule has 2 amide bonds. The van der Waals surface area contributed by atoms with E-state index < -0.39 is 17.4 Å². The first-order valence-corrected chi connectivity index (χ1v) is 18.8. The van der Waals surface area contributed by atoms with Gasteiger partial charge in [0.25, 0.3) is 11.8 Å². The number of carbonyl (C=O) groups excluding carboxylic acids is 2. The van der Waals surface area contributed by atoms with Crippen LogP contribution in [0.1, 0.15) is 106 Å². The number of methoxy groups -OCH3 is 2. The van der Waals surface area contributed by atoms with E-state index >= 15 is 0 Å². The van der Waals surface area contributed by atoms with Gasteiger partial charge in [0.05, 0.1) is 31.2 Å². The second-order valence-corrected chi connectivity index (χ2v) is 15.9. The zero-order chi connectivity index (χ0) is 37.5. The number of aliphatic carboxylic acids is 1. The van der Waals surface area contributed by atoms with Crippen LogP contribution in [-0.4, -0.2) is 82.5 Å². The maximum Gasteiger partial charge on any atom is 0.330 e. The van der Waals surface area contributed by atoms with Crippen LogP contribution in [0, 0.1) is 23.7 Å². The van der Waals surface area contributed by atoms with E-state index in [1.165, 1.54) is 6.42 Å². The minimum Gasteiger partial charge on any atom is -0.496 e. The fraction of sp³-hybridized carbons (Fsp3) is 0.561. The summed E-state index contributed by atoms with van der Waals surface area (Å²) in [5.41, 5.74) is 1.96. The minimum absolute atomic E-state index is 0.0163. The van der Waals surface area contributed by atoms with E-state index in [0.29, 0.717) is 64.5 Å². The Hall–Kier alpha value is -4.38. The summed E-state index contributed by atoms with van der Waals surface area (Å²) in [5.74, 6) is 0.233. The fourth-order valence-corrected chi connectivity index (χ4v) is 9.61. The highest BCUT2D eigenvalue weighted by atomic mass is 16.5. The third kappa shape index (κ3) is 6.79. The summed E-state index contributed by atoms with van der Waals surface area (Å²) in [6.07, 6.45) is 4.46. The highest BCUT2D eigenvalue weighted by Crippen LogP contribution is 2.58. The maximum absolute atomic E-state index is 14.3. The molecule has 4 saturated carbocycles. The Morgan fingerprint density at radius 1 is 0.885 bits per heavy atom. The van der Waals surface area contributed by atoms with Crippen molar-refractivity contribution in [1.82, 2.24) is 25.3 Å². The van der Waals surface area contributed by atoms with Gasteiger partial charge in [-0.15, -0.1) is 0 Å². The number of nitrogens with zero attached hydrogens (tertiary/aromatic N) is 3. The van der Waals surface area contributed by atoms with E-state index in [1.54, 1.807) is 31.0 Å². The molecule has 280 valence electrons. The fourth-order valence-electron chi connectivity index (χ4n) is 9.61. The second-order valence-electron chi connectivity index (χ2n) is 15.9. The van der Waals surface area contributed by atoms with Gasteiger partial charge in [0, 0.05) is 30.7 Å². The van der Waals surface area contributed by atoms with Crippen LogP contribution in [0.4, 0.5) is 0 Å². The Kier molecular flexibility index (Phi) is 10.7. The predicted octanol–water partition coefficient (Wildman–Crippen LogP) is 6.54. The third-order valence-corrected chi connectivity index (χ3v) is 11.8. The van der Waals surface area contributed by atoms with E-state index in [1.807, 2.05) is 44.2 Å². The number of amides is 2. The third-order valence-electron chi connectivity index (χ3n) is 11.8. The summed E-state index contributed by atoms with van der Waals surface area (Å²) in [5, 5.41) is 21.8. The van der Waals surface area contributed by atoms with Crippen LogP contribution in [0.25, 0.3) is 16.9 Å². The molecular formula is C41H55N5O6. The van der Waals surface area contributed by atoms with Crippen LogP contribution in [0.5, 0.6) is 11.5 Å². The summed E-state index contributed by atoms with van der Waals surface area (Å²) < 4.78 is 13.3. The number of carbonyl (C=O) groups is 3. The lowest BCUT2D eigenvalue weighted by molar-refractivity contribution is -0.163. The summed E-state index contributed by atoms with van der Waals surface area (Å²) in [6.45, 7) is 14.0. The van der Waals surface area contributed by atoms with Gasteiger partial charge in [-0.25, -0.2) is 9.48 Å². The zero-order valence-corrected chi connectivity index (χ0v) is 31.9. The van der Waals surface area contributed by atoms with Crippen molar-refractivity contribution < 1.29 is 29.0 Å². The first-order chi connectivity index (χ1) is 24.8. The lowest BCUT2D eigenvalue weighted by Gasteiger charge is -2.59. The summed E-state index contributed by atoms with van der Waals surface area (Å²) >= 11 is 0. The van der Waals surface area contributed by atoms with Crippen molar-refractivity contribution in [2.75, 3.05) is 27.3 Å². The van der Waals surface area contributed by atoms with E-state index in [4.69, 9.17) is 14.6 Å². The Labute approximate surface area is 307 Å². The first-order valence-electron chi connectivity index (χ1n) is 18.8. The molecule has 0 radical (unpaired) electrons. The van der Waals surface area contributed by atoms with Crippen LogP contribution in [0.3, 0.4) is 0 Å². The number of aromatic nitrogens is 2. The molecule has 0 spiro atoms.